The van der Waals surface area contributed by atoms with E-state index in [4.69, 9.17) is 16.6 Å². The van der Waals surface area contributed by atoms with Gasteiger partial charge in [0, 0.05) is 61.1 Å². The highest BCUT2D eigenvalue weighted by Crippen LogP contribution is 2.27. The van der Waals surface area contributed by atoms with E-state index in [2.05, 4.69) is 21.0 Å². The van der Waals surface area contributed by atoms with Crippen LogP contribution in [0.25, 0.3) is 11.7 Å². The first kappa shape index (κ1) is 24.6. The number of urea groups is 1. The molecule has 4 heterocycles. The molecule has 1 aromatic carbocycles. The smallest absolute Gasteiger partial charge is 0.319 e. The van der Waals surface area contributed by atoms with E-state index in [9.17, 15) is 14.4 Å². The zero-order chi connectivity index (χ0) is 26.1. The zero-order valence-corrected chi connectivity index (χ0v) is 21.2. The van der Waals surface area contributed by atoms with Crippen LogP contribution in [-0.2, 0) is 9.59 Å². The number of nitrogens with zero attached hydrogens (tertiary/aromatic N) is 5. The van der Waals surface area contributed by atoms with Crippen LogP contribution in [0.5, 0.6) is 0 Å². The molecule has 0 unspecified atom stereocenters. The van der Waals surface area contributed by atoms with Crippen molar-refractivity contribution < 1.29 is 14.4 Å². The second-order valence-electron chi connectivity index (χ2n) is 9.30. The van der Waals surface area contributed by atoms with Crippen LogP contribution >= 0.6 is 11.6 Å². The van der Waals surface area contributed by atoms with E-state index >= 15 is 0 Å². The van der Waals surface area contributed by atoms with Gasteiger partial charge in [0.05, 0.1) is 12.6 Å². The van der Waals surface area contributed by atoms with E-state index in [1.165, 1.54) is 0 Å². The summed E-state index contributed by atoms with van der Waals surface area (Å²) < 4.78 is 1.68. The zero-order valence-electron chi connectivity index (χ0n) is 20.5. The average molecular weight is 523 g/mol. The van der Waals surface area contributed by atoms with Gasteiger partial charge in [-0.2, -0.15) is 9.61 Å². The molecule has 2 aromatic heterocycles. The third kappa shape index (κ3) is 5.36. The maximum atomic E-state index is 12.3. The molecule has 3 N–H and O–H groups in total. The van der Waals surface area contributed by atoms with Gasteiger partial charge in [-0.05, 0) is 37.1 Å². The summed E-state index contributed by atoms with van der Waals surface area (Å²) in [4.78, 5) is 44.2. The van der Waals surface area contributed by atoms with E-state index in [0.29, 0.717) is 46.5 Å². The highest BCUT2D eigenvalue weighted by molar-refractivity contribution is 6.30. The molecular formula is C25H27ClN8O3. The molecule has 0 atom stereocenters. The predicted molar refractivity (Wildman–Crippen MR) is 141 cm³/mol. The topological polar surface area (TPSA) is 124 Å². The lowest BCUT2D eigenvalue weighted by Gasteiger charge is -2.34. The van der Waals surface area contributed by atoms with Gasteiger partial charge in [0.2, 0.25) is 5.91 Å². The number of amides is 4. The molecule has 2 aliphatic heterocycles. The maximum Gasteiger partial charge on any atom is 0.319 e. The van der Waals surface area contributed by atoms with Crippen molar-refractivity contribution in [2.45, 2.75) is 25.3 Å². The number of piperidine rings is 1. The minimum absolute atomic E-state index is 0.0111. The minimum Gasteiger partial charge on any atom is -0.367 e. The summed E-state index contributed by atoms with van der Waals surface area (Å²) in [6, 6.07) is 9.31. The van der Waals surface area contributed by atoms with Gasteiger partial charge < -0.3 is 20.4 Å². The van der Waals surface area contributed by atoms with Crippen LogP contribution in [0.4, 0.5) is 22.1 Å². The van der Waals surface area contributed by atoms with E-state index in [-0.39, 0.29) is 24.4 Å². The van der Waals surface area contributed by atoms with Gasteiger partial charge in [0.25, 0.3) is 5.91 Å². The number of carbonyl (C=O) groups is 3. The third-order valence-corrected chi connectivity index (χ3v) is 6.56. The van der Waals surface area contributed by atoms with E-state index < -0.39 is 5.91 Å². The Hall–Kier alpha value is -4.12. The van der Waals surface area contributed by atoms with Gasteiger partial charge in [-0.25, -0.2) is 9.78 Å². The number of hydrogen-bond acceptors (Lipinski definition) is 7. The standard InChI is InChI=1S/C25H27ClN8O3/c1-32(2)25(37)33-8-6-18(7-9-33)29-21-13-20(28-19-5-3-4-17(26)12-19)30-23-16(14-27-34(21)23)10-15-11-22(35)31-24(15)36/h3-5,10,12-14,18,29H,6-9,11H2,1-2H3,(H,28,30)(H,31,35,36)/b15-10+. The average Bonchev–Trinajstić information content (AvgIpc) is 3.41. The van der Waals surface area contributed by atoms with Gasteiger partial charge in [-0.1, -0.05) is 17.7 Å². The number of aromatic nitrogens is 3. The summed E-state index contributed by atoms with van der Waals surface area (Å²) in [6.07, 6.45) is 4.85. The van der Waals surface area contributed by atoms with Crippen LogP contribution in [0.2, 0.25) is 5.02 Å². The molecule has 2 aliphatic rings. The quantitative estimate of drug-likeness (QED) is 0.347. The lowest BCUT2D eigenvalue weighted by atomic mass is 10.1. The molecule has 12 heteroatoms. The minimum atomic E-state index is -0.407. The van der Waals surface area contributed by atoms with Crippen LogP contribution in [0.15, 0.2) is 42.1 Å². The Morgan fingerprint density at radius 1 is 1.22 bits per heavy atom. The Bertz CT molecular complexity index is 1410. The number of halogens is 1. The summed E-state index contributed by atoms with van der Waals surface area (Å²) in [5.41, 5.74) is 2.27. The van der Waals surface area contributed by atoms with Crippen molar-refractivity contribution in [3.63, 3.8) is 0 Å². The summed E-state index contributed by atoms with van der Waals surface area (Å²) in [5, 5.41) is 14.2. The molecule has 3 aromatic rings. The molecule has 11 nitrogen and oxygen atoms in total. The van der Waals surface area contributed by atoms with Crippen molar-refractivity contribution in [2.24, 2.45) is 0 Å². The number of carbonyl (C=O) groups excluding carboxylic acids is 3. The lowest BCUT2D eigenvalue weighted by molar-refractivity contribution is -0.124. The van der Waals surface area contributed by atoms with Gasteiger partial charge in [-0.3, -0.25) is 14.9 Å². The normalized spacial score (nSPS) is 17.4. The maximum absolute atomic E-state index is 12.3. The fourth-order valence-corrected chi connectivity index (χ4v) is 4.67. The third-order valence-electron chi connectivity index (χ3n) is 6.32. The Labute approximate surface area is 218 Å². The van der Waals surface area contributed by atoms with Crippen LogP contribution in [-0.4, -0.2) is 75.5 Å². The van der Waals surface area contributed by atoms with Crippen molar-refractivity contribution in [2.75, 3.05) is 37.8 Å². The molecule has 5 rings (SSSR count). The van der Waals surface area contributed by atoms with E-state index in [1.807, 2.05) is 23.1 Å². The first-order valence-corrected chi connectivity index (χ1v) is 12.3. The second-order valence-corrected chi connectivity index (χ2v) is 9.74. The van der Waals surface area contributed by atoms with E-state index in [0.717, 1.165) is 18.5 Å². The Balaban J connectivity index is 1.46. The van der Waals surface area contributed by atoms with Crippen molar-refractivity contribution in [3.8, 4) is 0 Å². The molecule has 192 valence electrons. The first-order valence-electron chi connectivity index (χ1n) is 12.0. The molecule has 0 saturated carbocycles. The highest BCUT2D eigenvalue weighted by Gasteiger charge is 2.26. The molecule has 0 bridgehead atoms. The highest BCUT2D eigenvalue weighted by atomic mass is 35.5. The second kappa shape index (κ2) is 10.1. The molecule has 4 amide bonds. The van der Waals surface area contributed by atoms with Gasteiger partial charge in [0.1, 0.15) is 11.6 Å². The Kier molecular flexibility index (Phi) is 6.70. The number of rotatable bonds is 5. The van der Waals surface area contributed by atoms with Gasteiger partial charge in [-0.15, -0.1) is 0 Å². The summed E-state index contributed by atoms with van der Waals surface area (Å²) >= 11 is 6.16. The number of imide groups is 1. The molecule has 0 aliphatic carbocycles. The van der Waals surface area contributed by atoms with E-state index in [1.54, 1.807) is 47.9 Å². The molecular weight excluding hydrogens is 496 g/mol. The van der Waals surface area contributed by atoms with Gasteiger partial charge in [0.15, 0.2) is 5.65 Å². The lowest BCUT2D eigenvalue weighted by Crippen LogP contribution is -2.46. The Morgan fingerprint density at radius 2 is 2.00 bits per heavy atom. The monoisotopic (exact) mass is 522 g/mol. The predicted octanol–water partition coefficient (Wildman–Crippen LogP) is 3.11. The molecule has 0 spiro atoms. The van der Waals surface area contributed by atoms with Crippen molar-refractivity contribution in [3.05, 3.63) is 52.7 Å². The van der Waals surface area contributed by atoms with Gasteiger partial charge >= 0.3 is 6.03 Å². The summed E-state index contributed by atoms with van der Waals surface area (Å²) in [6.45, 7) is 1.30. The van der Waals surface area contributed by atoms with Crippen LogP contribution in [0, 0.1) is 0 Å². The fourth-order valence-electron chi connectivity index (χ4n) is 4.48. The number of nitrogens with one attached hydrogen (secondary N) is 3. The van der Waals surface area contributed by atoms with Crippen molar-refractivity contribution in [1.29, 1.82) is 0 Å². The first-order chi connectivity index (χ1) is 17.8. The van der Waals surface area contributed by atoms with Crippen LogP contribution < -0.4 is 16.0 Å². The molecule has 0 radical (unpaired) electrons. The van der Waals surface area contributed by atoms with Crippen molar-refractivity contribution >= 4 is 58.5 Å². The number of fused-ring (bicyclic) bond motifs is 1. The molecule has 2 saturated heterocycles. The molecule has 37 heavy (non-hydrogen) atoms. The van der Waals surface area contributed by atoms with Crippen LogP contribution in [0.3, 0.4) is 0 Å². The number of benzene rings is 1. The number of hydrogen-bond donors (Lipinski definition) is 3. The largest absolute Gasteiger partial charge is 0.367 e. The number of anilines is 3. The fraction of sp³-hybridized carbons (Fsp3) is 0.320. The number of likely N-dealkylation sites (tertiary alicyclic amines) is 1. The SMILES string of the molecule is CN(C)C(=O)N1CCC(Nc2cc(Nc3cccc(Cl)c3)nc3c(/C=C4\CC(=O)NC4=O)cnn23)CC1. The molecule has 2 fully saturated rings. The summed E-state index contributed by atoms with van der Waals surface area (Å²) in [7, 11) is 3.51. The summed E-state index contributed by atoms with van der Waals surface area (Å²) in [5.74, 6) is 0.536. The van der Waals surface area contributed by atoms with Crippen molar-refractivity contribution in [1.82, 2.24) is 29.7 Å². The Morgan fingerprint density at radius 3 is 2.68 bits per heavy atom. The van der Waals surface area contributed by atoms with Crippen LogP contribution in [0.1, 0.15) is 24.8 Å².